The van der Waals surface area contributed by atoms with E-state index >= 15 is 0 Å². The minimum atomic E-state index is -0.283. The van der Waals surface area contributed by atoms with Gasteiger partial charge in [-0.15, -0.1) is 0 Å². The zero-order chi connectivity index (χ0) is 95.4. The van der Waals surface area contributed by atoms with Crippen LogP contribution < -0.4 is 27.8 Å². The van der Waals surface area contributed by atoms with E-state index in [2.05, 4.69) is 127 Å². The predicted octanol–water partition coefficient (Wildman–Crippen LogP) is 19.1. The molecule has 21 rings (SSSR count). The number of carbonyl (C=O) groups is 2. The van der Waals surface area contributed by atoms with Crippen molar-refractivity contribution in [3.05, 3.63) is 164 Å². The van der Waals surface area contributed by atoms with Crippen molar-refractivity contribution < 1.29 is 19.1 Å². The molecule has 0 spiro atoms. The fourth-order valence-corrected chi connectivity index (χ4v) is 22.2. The Morgan fingerprint density at radius 3 is 1.17 bits per heavy atom. The standard InChI is InChI=1S/C20H22N4O2.C18H26N4O.C18H28N4O.C17H26N4S.C15H20N4O3.C15H20N4O2/c25-16(12-14-6-2-1-3-7-14)10-11-18-22-19-17(20(26)23-18)13-21-24(19)15-8-4-5-9-15;1-12-6-8-13(9-7-12)10-16-20-17-15(18(23)21-16)11-19-22(17)14-4-2-3-5-14;1-4-14(5-2)22-17-15(11-19-22)18(23)21-16(20-17)10-13-8-6-12(3)7-9-13;1-3-13(4-2)21-16-14(11-18-21)17(22)20-15(19-16)10-12-8-6-5-7-9-12;1-2-22-13(20)8-7-12-17-14-11(15(21)18-12)9-16-19(14)10-5-3-4-6-10;20-15-12-9-16-19(10-4-1-2-5-10)14(12)17-13(18-15)8-11-6-3-7-21-11/h1-3,6-7,13,15H,4-5,8-12H2,(H,22,23,26);11-14H,2-10H2,1H3,(H,20,21,23);11-14H,4-10H2,1-3H3,(H,20,21,23);11-13H,3-10H2,1-2H3,(H,19,20,22);9-10H,2-8H2,1H3,(H,17,18,21);9-11H,1-8H2,(H,17,18,20). The predicted molar refractivity (Wildman–Crippen MR) is 534 cm³/mol. The Morgan fingerprint density at radius 1 is 0.387 bits per heavy atom. The first-order valence-corrected chi connectivity index (χ1v) is 52.3. The number of rotatable bonds is 27. The number of benzene rings is 1. The van der Waals surface area contributed by atoms with Crippen LogP contribution in [0.3, 0.4) is 0 Å². The van der Waals surface area contributed by atoms with Gasteiger partial charge in [-0.2, -0.15) is 30.6 Å². The van der Waals surface area contributed by atoms with Crippen LogP contribution in [0.15, 0.2) is 91.5 Å². The molecule has 6 N–H and O–H groups in total. The van der Waals surface area contributed by atoms with Crippen LogP contribution in [0.1, 0.15) is 363 Å². The molecular formula is C103H142N24O9S. The highest BCUT2D eigenvalue weighted by molar-refractivity contribution is 7.71. The fraction of sp³-hybridized carbons (Fsp3) is 0.631. The van der Waals surface area contributed by atoms with Crippen molar-refractivity contribution in [3.63, 3.8) is 0 Å². The topological polar surface area (TPSA) is 417 Å². The van der Waals surface area contributed by atoms with Gasteiger partial charge in [0.2, 0.25) is 0 Å². The lowest BCUT2D eigenvalue weighted by molar-refractivity contribution is -0.143. The van der Waals surface area contributed by atoms with Crippen molar-refractivity contribution in [2.24, 2.45) is 29.6 Å². The molecule has 1 atom stereocenters. The van der Waals surface area contributed by atoms with Crippen LogP contribution in [-0.2, 0) is 64.0 Å². The van der Waals surface area contributed by atoms with Crippen molar-refractivity contribution in [1.29, 1.82) is 0 Å². The molecule has 1 aromatic carbocycles. The highest BCUT2D eigenvalue weighted by Crippen LogP contribution is 2.38. The smallest absolute Gasteiger partial charge is 0.306 e. The Kier molecular flexibility index (Phi) is 34.3. The Labute approximate surface area is 803 Å². The summed E-state index contributed by atoms with van der Waals surface area (Å²) >= 11 is 5.50. The van der Waals surface area contributed by atoms with E-state index in [9.17, 15) is 33.6 Å². The van der Waals surface area contributed by atoms with E-state index in [1.54, 1.807) is 37.9 Å². The highest BCUT2D eigenvalue weighted by atomic mass is 32.1. The summed E-state index contributed by atoms with van der Waals surface area (Å²) in [6.07, 6.45) is 57.3. The van der Waals surface area contributed by atoms with E-state index in [0.717, 1.165) is 190 Å². The number of aromatic amines is 6. The number of ketones is 1. The molecule has 13 aromatic rings. The molecule has 1 aliphatic heterocycles. The summed E-state index contributed by atoms with van der Waals surface area (Å²) in [5, 5.41) is 30.5. The summed E-state index contributed by atoms with van der Waals surface area (Å²) in [5.74, 6) is 8.13. The van der Waals surface area contributed by atoms with E-state index < -0.39 is 0 Å². The average molecular weight is 1890 g/mol. The van der Waals surface area contributed by atoms with Crippen molar-refractivity contribution in [3.8, 4) is 0 Å². The van der Waals surface area contributed by atoms with Crippen molar-refractivity contribution in [1.82, 2.24) is 118 Å². The number of Topliss-reactive ketones (excluding diaryl/α,β-unsaturated/α-hetero) is 1. The van der Waals surface area contributed by atoms with Crippen LogP contribution in [0.25, 0.3) is 66.2 Å². The van der Waals surface area contributed by atoms with Crippen molar-refractivity contribution in [2.75, 3.05) is 13.2 Å². The minimum Gasteiger partial charge on any atom is -0.466 e. The number of ether oxygens (including phenoxy) is 2. The van der Waals surface area contributed by atoms with Gasteiger partial charge in [-0.1, -0.05) is 193 Å². The van der Waals surface area contributed by atoms with Crippen molar-refractivity contribution in [2.45, 2.75) is 373 Å². The molecule has 1 saturated heterocycles. The van der Waals surface area contributed by atoms with Gasteiger partial charge < -0.3 is 39.4 Å². The van der Waals surface area contributed by atoms with E-state index in [4.69, 9.17) is 31.7 Å². The normalized spacial score (nSPS) is 19.7. The first kappa shape index (κ1) is 98.9. The number of aromatic nitrogens is 24. The molecule has 0 amide bonds. The number of hydrogen-bond donors (Lipinski definition) is 6. The van der Waals surface area contributed by atoms with Gasteiger partial charge in [0.25, 0.3) is 27.8 Å². The molecular weight excluding hydrogens is 1750 g/mol. The van der Waals surface area contributed by atoms with Crippen LogP contribution in [0.5, 0.6) is 0 Å². The number of H-pyrrole nitrogens is 6. The Balaban J connectivity index is 0.000000119. The Hall–Kier alpha value is -11.2. The molecule has 7 saturated carbocycles. The highest BCUT2D eigenvalue weighted by Gasteiger charge is 2.31. The minimum absolute atomic E-state index is 0.0292. The van der Waals surface area contributed by atoms with Crippen LogP contribution in [0.2, 0.25) is 0 Å². The molecule has 0 bridgehead atoms. The summed E-state index contributed by atoms with van der Waals surface area (Å²) in [4.78, 5) is 131. The third-order valence-corrected chi connectivity index (χ3v) is 30.3. The molecule has 13 heterocycles. The second kappa shape index (κ2) is 47.5. The first-order valence-electron chi connectivity index (χ1n) is 51.9. The zero-order valence-corrected chi connectivity index (χ0v) is 82.3. The van der Waals surface area contributed by atoms with E-state index in [-0.39, 0.29) is 52.1 Å². The van der Waals surface area contributed by atoms with Crippen molar-refractivity contribution >= 4 is 90.2 Å². The summed E-state index contributed by atoms with van der Waals surface area (Å²) in [5.41, 5.74) is 5.06. The molecule has 8 fully saturated rings. The maximum atomic E-state index is 12.4. The second-order valence-corrected chi connectivity index (χ2v) is 40.3. The van der Waals surface area contributed by atoms with Gasteiger partial charge in [0.05, 0.1) is 98.0 Å². The zero-order valence-electron chi connectivity index (χ0n) is 81.4. The van der Waals surface area contributed by atoms with Gasteiger partial charge in [0, 0.05) is 58.0 Å². The van der Waals surface area contributed by atoms with Gasteiger partial charge >= 0.3 is 5.97 Å². The van der Waals surface area contributed by atoms with E-state index in [1.165, 1.54) is 135 Å². The van der Waals surface area contributed by atoms with Gasteiger partial charge in [-0.3, -0.25) is 33.6 Å². The molecule has 34 heteroatoms. The lowest BCUT2D eigenvalue weighted by Gasteiger charge is -2.25. The largest absolute Gasteiger partial charge is 0.466 e. The number of fused-ring (bicyclic) bond motifs is 6. The monoisotopic (exact) mass is 1890 g/mol. The number of nitrogens with zero attached hydrogens (tertiary/aromatic N) is 18. The second-order valence-electron chi connectivity index (χ2n) is 39.9. The quantitative estimate of drug-likeness (QED) is 0.0206. The third-order valence-electron chi connectivity index (χ3n) is 30.0. The molecule has 7 aliphatic carbocycles. The Bertz CT molecular complexity index is 6410. The summed E-state index contributed by atoms with van der Waals surface area (Å²) in [6, 6.07) is 11.9. The lowest BCUT2D eigenvalue weighted by Crippen LogP contribution is -2.19. The summed E-state index contributed by atoms with van der Waals surface area (Å²) in [6.45, 7) is 16.3. The lowest BCUT2D eigenvalue weighted by atomic mass is 9.81. The molecule has 1 unspecified atom stereocenters. The fourth-order valence-electron chi connectivity index (χ4n) is 21.9. The summed E-state index contributed by atoms with van der Waals surface area (Å²) in [7, 11) is 0. The van der Waals surface area contributed by atoms with Gasteiger partial charge in [-0.05, 0) is 158 Å². The maximum Gasteiger partial charge on any atom is 0.306 e. The van der Waals surface area contributed by atoms with Crippen LogP contribution in [0, 0.1) is 34.2 Å². The van der Waals surface area contributed by atoms with Gasteiger partial charge in [0.15, 0.2) is 28.2 Å². The number of esters is 1. The SMILES string of the molecule is CC1CCC(Cc2nc3c(cnn3C3CCCC3)c(=O)[nH]2)CC1.CCC(CC)n1ncc2c(=O)[nH]c(CC3CCC(C)CC3)nc21.CCC(CC)n1ncc2c(=S)nc(CC3CCCCC3)[nH]c21.CCOC(=O)CCc1nc2c(cnn2C2CCCC2)c(=O)[nH]1.O=C(CCc1nc2c(cnn2C2CCCC2)c(=O)[nH]1)Cc1ccccc1.O=c1[nH]c(CC2CCCO2)nc2c1cnn2C1CCCC1. The van der Waals surface area contributed by atoms with Gasteiger partial charge in [0.1, 0.15) is 77.9 Å². The van der Waals surface area contributed by atoms with E-state index in [1.807, 2.05) is 59.9 Å². The van der Waals surface area contributed by atoms with E-state index in [0.29, 0.717) is 141 Å². The molecule has 734 valence electrons. The number of hydrogen-bond acceptors (Lipinski definition) is 22. The van der Waals surface area contributed by atoms with Crippen LogP contribution in [-0.4, -0.2) is 150 Å². The number of aryl methyl sites for hydroxylation is 2. The maximum absolute atomic E-state index is 12.4. The van der Waals surface area contributed by atoms with Crippen LogP contribution >= 0.6 is 12.2 Å². The summed E-state index contributed by atoms with van der Waals surface area (Å²) < 4.78 is 23.0. The molecule has 12 aromatic heterocycles. The third kappa shape index (κ3) is 24.9. The average Bonchev–Trinajstić information content (AvgIpc) is 1.51. The van der Waals surface area contributed by atoms with Gasteiger partial charge in [-0.25, -0.2) is 58.0 Å². The molecule has 0 radical (unpaired) electrons. The molecule has 33 nitrogen and oxygen atoms in total. The van der Waals surface area contributed by atoms with Crippen LogP contribution in [0.4, 0.5) is 0 Å². The number of nitrogens with one attached hydrogen (secondary N) is 6. The first-order chi connectivity index (χ1) is 66.7. The number of carbonyl (C=O) groups excluding carboxylic acids is 2. The molecule has 8 aliphatic rings. The Morgan fingerprint density at radius 2 is 0.745 bits per heavy atom. The molecule has 137 heavy (non-hydrogen) atoms.